The van der Waals surface area contributed by atoms with E-state index in [0.717, 1.165) is 17.9 Å². The van der Waals surface area contributed by atoms with Gasteiger partial charge in [0.15, 0.2) is 0 Å². The molecule has 0 amide bonds. The number of rotatable bonds is 6. The highest BCUT2D eigenvalue weighted by Gasteiger charge is 2.12. The summed E-state index contributed by atoms with van der Waals surface area (Å²) in [5, 5.41) is 0. The van der Waals surface area contributed by atoms with Crippen LogP contribution in [0.4, 0.5) is 0 Å². The smallest absolute Gasteiger partial charge is 0.309 e. The molecule has 94 valence electrons. The molecule has 1 aromatic carbocycles. The molecule has 0 bridgehead atoms. The third-order valence-corrected chi connectivity index (χ3v) is 3.94. The highest BCUT2D eigenvalue weighted by atomic mass is 32.2. The lowest BCUT2D eigenvalue weighted by molar-refractivity contribution is -0.143. The Hall–Kier alpha value is -0.960. The van der Waals surface area contributed by atoms with Gasteiger partial charge in [0.2, 0.25) is 0 Å². The zero-order valence-electron chi connectivity index (χ0n) is 10.7. The van der Waals surface area contributed by atoms with Gasteiger partial charge >= 0.3 is 5.97 Å². The number of esters is 1. The van der Waals surface area contributed by atoms with Gasteiger partial charge in [0.25, 0.3) is 0 Å². The van der Waals surface area contributed by atoms with E-state index < -0.39 is 0 Å². The number of methoxy groups -OCH3 is 1. The van der Waals surface area contributed by atoms with E-state index in [-0.39, 0.29) is 11.9 Å². The van der Waals surface area contributed by atoms with Crippen molar-refractivity contribution in [3.63, 3.8) is 0 Å². The summed E-state index contributed by atoms with van der Waals surface area (Å²) in [6.07, 6.45) is 1.08. The summed E-state index contributed by atoms with van der Waals surface area (Å²) in [4.78, 5) is 11.2. The number of carbonyl (C=O) groups excluding carboxylic acids is 1. The Morgan fingerprint density at radius 2 is 1.88 bits per heavy atom. The SMILES string of the molecule is CCc1ccc(CSCC(C)C(=O)OC)cc1. The normalized spacial score (nSPS) is 12.2. The zero-order chi connectivity index (χ0) is 12.7. The van der Waals surface area contributed by atoms with Crippen LogP contribution in [-0.4, -0.2) is 18.8 Å². The van der Waals surface area contributed by atoms with Crippen LogP contribution in [0, 0.1) is 5.92 Å². The van der Waals surface area contributed by atoms with Gasteiger partial charge in [-0.3, -0.25) is 4.79 Å². The second-order valence-corrected chi connectivity index (χ2v) is 5.14. The average molecular weight is 252 g/mol. The minimum Gasteiger partial charge on any atom is -0.469 e. The molecular formula is C14H20O2S. The summed E-state index contributed by atoms with van der Waals surface area (Å²) in [7, 11) is 1.44. The molecule has 0 aliphatic rings. The Morgan fingerprint density at radius 1 is 1.29 bits per heavy atom. The molecule has 0 aromatic heterocycles. The molecule has 0 heterocycles. The number of hydrogen-bond donors (Lipinski definition) is 0. The summed E-state index contributed by atoms with van der Waals surface area (Å²) in [5.41, 5.74) is 2.67. The third kappa shape index (κ3) is 4.82. The maximum atomic E-state index is 11.2. The standard InChI is InChI=1S/C14H20O2S/c1-4-12-5-7-13(8-6-12)10-17-9-11(2)14(15)16-3/h5-8,11H,4,9-10H2,1-3H3. The van der Waals surface area contributed by atoms with E-state index in [4.69, 9.17) is 4.74 Å². The summed E-state index contributed by atoms with van der Waals surface area (Å²) in [5.74, 6) is 1.60. The van der Waals surface area contributed by atoms with Crippen LogP contribution >= 0.6 is 11.8 Å². The molecule has 0 radical (unpaired) electrons. The van der Waals surface area contributed by atoms with E-state index in [1.54, 1.807) is 11.8 Å². The summed E-state index contributed by atoms with van der Waals surface area (Å²) >= 11 is 1.77. The summed E-state index contributed by atoms with van der Waals surface area (Å²) in [6, 6.07) is 8.66. The predicted octanol–water partition coefficient (Wildman–Crippen LogP) is 3.29. The fraction of sp³-hybridized carbons (Fsp3) is 0.500. The lowest BCUT2D eigenvalue weighted by Crippen LogP contribution is -2.14. The zero-order valence-corrected chi connectivity index (χ0v) is 11.5. The Kier molecular flexibility index (Phi) is 6.12. The van der Waals surface area contributed by atoms with Crippen molar-refractivity contribution in [1.29, 1.82) is 0 Å². The highest BCUT2D eigenvalue weighted by molar-refractivity contribution is 7.98. The van der Waals surface area contributed by atoms with E-state index in [2.05, 4.69) is 31.2 Å². The first-order valence-corrected chi connectivity index (χ1v) is 7.06. The van der Waals surface area contributed by atoms with Gasteiger partial charge < -0.3 is 4.74 Å². The van der Waals surface area contributed by atoms with Gasteiger partial charge in [-0.15, -0.1) is 0 Å². The van der Waals surface area contributed by atoms with Gasteiger partial charge in [0, 0.05) is 11.5 Å². The first-order valence-electron chi connectivity index (χ1n) is 5.90. The second kappa shape index (κ2) is 7.38. The highest BCUT2D eigenvalue weighted by Crippen LogP contribution is 2.16. The number of ether oxygens (including phenoxy) is 1. The maximum absolute atomic E-state index is 11.2. The minimum atomic E-state index is -0.126. The molecular weight excluding hydrogens is 232 g/mol. The summed E-state index contributed by atoms with van der Waals surface area (Å²) in [6.45, 7) is 4.06. The van der Waals surface area contributed by atoms with E-state index in [1.165, 1.54) is 18.2 Å². The van der Waals surface area contributed by atoms with Gasteiger partial charge in [-0.25, -0.2) is 0 Å². The number of carbonyl (C=O) groups is 1. The first kappa shape index (κ1) is 14.1. The molecule has 0 aliphatic carbocycles. The Labute approximate surface area is 108 Å². The predicted molar refractivity (Wildman–Crippen MR) is 73.2 cm³/mol. The number of aryl methyl sites for hydroxylation is 1. The van der Waals surface area contributed by atoms with E-state index in [9.17, 15) is 4.79 Å². The van der Waals surface area contributed by atoms with E-state index in [0.29, 0.717) is 0 Å². The van der Waals surface area contributed by atoms with Crippen LogP contribution in [0.15, 0.2) is 24.3 Å². The lowest BCUT2D eigenvalue weighted by Gasteiger charge is -2.08. The van der Waals surface area contributed by atoms with Crippen LogP contribution in [0.2, 0.25) is 0 Å². The fourth-order valence-corrected chi connectivity index (χ4v) is 2.53. The molecule has 0 saturated carbocycles. The van der Waals surface area contributed by atoms with Gasteiger partial charge in [0.05, 0.1) is 13.0 Å². The van der Waals surface area contributed by atoms with Crippen molar-refractivity contribution in [3.8, 4) is 0 Å². The Bertz CT molecular complexity index is 346. The van der Waals surface area contributed by atoms with Crippen LogP contribution in [-0.2, 0) is 21.7 Å². The molecule has 1 rings (SSSR count). The largest absolute Gasteiger partial charge is 0.469 e. The van der Waals surface area contributed by atoms with Crippen molar-refractivity contribution in [1.82, 2.24) is 0 Å². The van der Waals surface area contributed by atoms with Crippen LogP contribution < -0.4 is 0 Å². The monoisotopic (exact) mass is 252 g/mol. The lowest BCUT2D eigenvalue weighted by atomic mass is 10.1. The number of thioether (sulfide) groups is 1. The van der Waals surface area contributed by atoms with Crippen LogP contribution in [0.25, 0.3) is 0 Å². The van der Waals surface area contributed by atoms with Gasteiger partial charge in [-0.1, -0.05) is 38.1 Å². The summed E-state index contributed by atoms with van der Waals surface area (Å²) < 4.78 is 4.69. The molecule has 0 aliphatic heterocycles. The van der Waals surface area contributed by atoms with Crippen molar-refractivity contribution in [2.75, 3.05) is 12.9 Å². The topological polar surface area (TPSA) is 26.3 Å². The molecule has 1 aromatic rings. The van der Waals surface area contributed by atoms with Crippen LogP contribution in [0.1, 0.15) is 25.0 Å². The van der Waals surface area contributed by atoms with E-state index in [1.807, 2.05) is 6.92 Å². The number of hydrogen-bond acceptors (Lipinski definition) is 3. The van der Waals surface area contributed by atoms with Crippen molar-refractivity contribution in [2.24, 2.45) is 5.92 Å². The molecule has 1 atom stereocenters. The number of benzene rings is 1. The van der Waals surface area contributed by atoms with Crippen LogP contribution in [0.3, 0.4) is 0 Å². The van der Waals surface area contributed by atoms with Gasteiger partial charge in [-0.05, 0) is 17.5 Å². The molecule has 17 heavy (non-hydrogen) atoms. The quantitative estimate of drug-likeness (QED) is 0.727. The molecule has 0 saturated heterocycles. The molecule has 0 N–H and O–H groups in total. The Balaban J connectivity index is 2.33. The third-order valence-electron chi connectivity index (χ3n) is 2.67. The van der Waals surface area contributed by atoms with Crippen molar-refractivity contribution in [3.05, 3.63) is 35.4 Å². The average Bonchev–Trinajstić information content (AvgIpc) is 2.38. The fourth-order valence-electron chi connectivity index (χ4n) is 1.49. The Morgan fingerprint density at radius 3 is 2.41 bits per heavy atom. The molecule has 1 unspecified atom stereocenters. The van der Waals surface area contributed by atoms with Crippen molar-refractivity contribution < 1.29 is 9.53 Å². The molecule has 2 nitrogen and oxygen atoms in total. The van der Waals surface area contributed by atoms with Gasteiger partial charge in [-0.2, -0.15) is 11.8 Å². The van der Waals surface area contributed by atoms with E-state index >= 15 is 0 Å². The molecule has 3 heteroatoms. The molecule has 0 fully saturated rings. The maximum Gasteiger partial charge on any atom is 0.309 e. The van der Waals surface area contributed by atoms with Crippen molar-refractivity contribution >= 4 is 17.7 Å². The second-order valence-electron chi connectivity index (χ2n) is 4.11. The van der Waals surface area contributed by atoms with Crippen molar-refractivity contribution in [2.45, 2.75) is 26.0 Å². The minimum absolute atomic E-state index is 0.0279. The first-order chi connectivity index (χ1) is 8.17. The van der Waals surface area contributed by atoms with Gasteiger partial charge in [0.1, 0.15) is 0 Å². The van der Waals surface area contributed by atoms with Crippen LogP contribution in [0.5, 0.6) is 0 Å². The molecule has 0 spiro atoms.